The van der Waals surface area contributed by atoms with E-state index in [1.807, 2.05) is 0 Å². The van der Waals surface area contributed by atoms with Gasteiger partial charge in [0.25, 0.3) is 0 Å². The number of piperazine rings is 1. The van der Waals surface area contributed by atoms with Gasteiger partial charge in [0.2, 0.25) is 0 Å². The second-order valence-electron chi connectivity index (χ2n) is 3.25. The van der Waals surface area contributed by atoms with Crippen molar-refractivity contribution in [2.45, 2.75) is 13.0 Å². The van der Waals surface area contributed by atoms with E-state index < -0.39 is 0 Å². The molecule has 0 aromatic carbocycles. The van der Waals surface area contributed by atoms with E-state index in [-0.39, 0.29) is 0 Å². The monoisotopic (exact) mass is 138 g/mol. The molecular weight excluding hydrogens is 124 g/mol. The molecular formula is C8H14N2. The Kier molecular flexibility index (Phi) is 1.51. The molecule has 0 aromatic heterocycles. The number of fused-ring (bicyclic) bond motifs is 1. The van der Waals surface area contributed by atoms with Crippen LogP contribution in [0.1, 0.15) is 6.92 Å². The van der Waals surface area contributed by atoms with Crippen molar-refractivity contribution in [3.63, 3.8) is 0 Å². The van der Waals surface area contributed by atoms with Crippen LogP contribution < -0.4 is 5.32 Å². The van der Waals surface area contributed by atoms with Crippen molar-refractivity contribution in [3.8, 4) is 0 Å². The first kappa shape index (κ1) is 6.38. The minimum Gasteiger partial charge on any atom is -0.314 e. The van der Waals surface area contributed by atoms with Crippen LogP contribution >= 0.6 is 0 Å². The van der Waals surface area contributed by atoms with E-state index in [1.54, 1.807) is 0 Å². The zero-order chi connectivity index (χ0) is 6.97. The first-order valence-corrected chi connectivity index (χ1v) is 3.98. The molecule has 0 unspecified atom stereocenters. The van der Waals surface area contributed by atoms with E-state index in [2.05, 4.69) is 23.2 Å². The molecule has 1 fully saturated rings. The lowest BCUT2D eigenvalue weighted by molar-refractivity contribution is 0.227. The molecule has 0 bridgehead atoms. The van der Waals surface area contributed by atoms with Crippen LogP contribution in [0.5, 0.6) is 0 Å². The van der Waals surface area contributed by atoms with Gasteiger partial charge in [-0.3, -0.25) is 4.90 Å². The average Bonchev–Trinajstić information content (AvgIpc) is 2.27. The maximum Gasteiger partial charge on any atom is 0.0410 e. The third kappa shape index (κ3) is 0.976. The lowest BCUT2D eigenvalue weighted by atomic mass is 10.2. The molecule has 2 heteroatoms. The van der Waals surface area contributed by atoms with E-state index in [0.717, 1.165) is 13.1 Å². The second kappa shape index (κ2) is 2.36. The van der Waals surface area contributed by atoms with Crippen molar-refractivity contribution >= 4 is 0 Å². The van der Waals surface area contributed by atoms with Crippen molar-refractivity contribution < 1.29 is 0 Å². The molecule has 1 saturated heterocycles. The Labute approximate surface area is 61.9 Å². The van der Waals surface area contributed by atoms with Gasteiger partial charge in [0.1, 0.15) is 0 Å². The Morgan fingerprint density at radius 3 is 3.40 bits per heavy atom. The van der Waals surface area contributed by atoms with Gasteiger partial charge in [0.15, 0.2) is 0 Å². The Hall–Kier alpha value is -0.340. The van der Waals surface area contributed by atoms with Gasteiger partial charge in [-0.2, -0.15) is 0 Å². The van der Waals surface area contributed by atoms with Gasteiger partial charge >= 0.3 is 0 Å². The summed E-state index contributed by atoms with van der Waals surface area (Å²) in [7, 11) is 0. The smallest absolute Gasteiger partial charge is 0.0410 e. The lowest BCUT2D eigenvalue weighted by Gasteiger charge is -2.29. The zero-order valence-electron chi connectivity index (χ0n) is 6.43. The molecule has 0 radical (unpaired) electrons. The molecule has 2 rings (SSSR count). The van der Waals surface area contributed by atoms with Crippen LogP contribution in [0.3, 0.4) is 0 Å². The maximum atomic E-state index is 3.39. The van der Waals surface area contributed by atoms with Crippen LogP contribution in [0.2, 0.25) is 0 Å². The zero-order valence-corrected chi connectivity index (χ0v) is 6.43. The molecule has 0 aliphatic carbocycles. The highest BCUT2D eigenvalue weighted by molar-refractivity contribution is 5.15. The lowest BCUT2D eigenvalue weighted by Crippen LogP contribution is -2.47. The summed E-state index contributed by atoms with van der Waals surface area (Å²) in [5.74, 6) is 0. The molecule has 0 spiro atoms. The average molecular weight is 138 g/mol. The van der Waals surface area contributed by atoms with Gasteiger partial charge in [-0.1, -0.05) is 11.6 Å². The molecule has 0 aromatic rings. The summed E-state index contributed by atoms with van der Waals surface area (Å²) in [4.78, 5) is 2.53. The fourth-order valence-corrected chi connectivity index (χ4v) is 1.83. The molecule has 1 N–H and O–H groups in total. The van der Waals surface area contributed by atoms with Gasteiger partial charge in [-0.25, -0.2) is 0 Å². The van der Waals surface area contributed by atoms with Crippen molar-refractivity contribution in [2.75, 3.05) is 26.2 Å². The molecule has 0 saturated carbocycles. The van der Waals surface area contributed by atoms with Gasteiger partial charge in [-0.15, -0.1) is 0 Å². The summed E-state index contributed by atoms with van der Waals surface area (Å²) < 4.78 is 0. The minimum absolute atomic E-state index is 0.703. The van der Waals surface area contributed by atoms with Crippen molar-refractivity contribution in [1.82, 2.24) is 10.2 Å². The summed E-state index contributed by atoms with van der Waals surface area (Å²) in [6.07, 6.45) is 2.38. The topological polar surface area (TPSA) is 15.3 Å². The highest BCUT2D eigenvalue weighted by atomic mass is 15.2. The van der Waals surface area contributed by atoms with Gasteiger partial charge < -0.3 is 5.32 Å². The van der Waals surface area contributed by atoms with E-state index in [9.17, 15) is 0 Å². The fourth-order valence-electron chi connectivity index (χ4n) is 1.83. The van der Waals surface area contributed by atoms with Gasteiger partial charge in [-0.05, 0) is 6.92 Å². The van der Waals surface area contributed by atoms with E-state index in [1.165, 1.54) is 18.7 Å². The van der Waals surface area contributed by atoms with Crippen LogP contribution in [0.4, 0.5) is 0 Å². The predicted molar refractivity (Wildman–Crippen MR) is 42.0 cm³/mol. The quantitative estimate of drug-likeness (QED) is 0.482. The standard InChI is InChI=1S/C8H14N2/c1-7-4-8-5-9-2-3-10(8)6-7/h4,8-9H,2-3,5-6H2,1H3/t8-/m0/s1. The molecule has 56 valence electrons. The molecule has 2 aliphatic heterocycles. The van der Waals surface area contributed by atoms with Crippen molar-refractivity contribution in [1.29, 1.82) is 0 Å². The maximum absolute atomic E-state index is 3.39. The number of rotatable bonds is 0. The minimum atomic E-state index is 0.703. The number of nitrogens with zero attached hydrogens (tertiary/aromatic N) is 1. The van der Waals surface area contributed by atoms with E-state index in [0.29, 0.717) is 6.04 Å². The molecule has 10 heavy (non-hydrogen) atoms. The van der Waals surface area contributed by atoms with Crippen molar-refractivity contribution in [2.24, 2.45) is 0 Å². The predicted octanol–water partition coefficient (Wildman–Crippen LogP) is 0.220. The summed E-state index contributed by atoms with van der Waals surface area (Å²) in [5.41, 5.74) is 1.54. The third-order valence-electron chi connectivity index (χ3n) is 2.33. The first-order valence-electron chi connectivity index (χ1n) is 3.98. The van der Waals surface area contributed by atoms with E-state index >= 15 is 0 Å². The number of nitrogens with one attached hydrogen (secondary N) is 1. The summed E-state index contributed by atoms with van der Waals surface area (Å²) >= 11 is 0. The van der Waals surface area contributed by atoms with Gasteiger partial charge in [0, 0.05) is 32.2 Å². The van der Waals surface area contributed by atoms with Crippen LogP contribution in [0, 0.1) is 0 Å². The number of hydrogen-bond donors (Lipinski definition) is 1. The fraction of sp³-hybridized carbons (Fsp3) is 0.750. The van der Waals surface area contributed by atoms with E-state index in [4.69, 9.17) is 0 Å². The molecule has 2 heterocycles. The van der Waals surface area contributed by atoms with Gasteiger partial charge in [0.05, 0.1) is 0 Å². The Bertz CT molecular complexity index is 163. The highest BCUT2D eigenvalue weighted by Gasteiger charge is 2.24. The first-order chi connectivity index (χ1) is 4.86. The Balaban J connectivity index is 2.06. The van der Waals surface area contributed by atoms with Crippen molar-refractivity contribution in [3.05, 3.63) is 11.6 Å². The normalized spacial score (nSPS) is 33.7. The molecule has 2 aliphatic rings. The highest BCUT2D eigenvalue weighted by Crippen LogP contribution is 2.16. The van der Waals surface area contributed by atoms with Crippen LogP contribution in [-0.4, -0.2) is 37.1 Å². The SMILES string of the molecule is CC1=C[C@H]2CNCCN2C1. The summed E-state index contributed by atoms with van der Waals surface area (Å²) in [6, 6.07) is 0.703. The molecule has 1 atom stereocenters. The number of hydrogen-bond acceptors (Lipinski definition) is 2. The molecule has 2 nitrogen and oxygen atoms in total. The molecule has 0 amide bonds. The van der Waals surface area contributed by atoms with Crippen LogP contribution in [-0.2, 0) is 0 Å². The Morgan fingerprint density at radius 1 is 1.70 bits per heavy atom. The largest absolute Gasteiger partial charge is 0.314 e. The second-order valence-corrected chi connectivity index (χ2v) is 3.25. The summed E-state index contributed by atoms with van der Waals surface area (Å²) in [6.45, 7) is 6.96. The third-order valence-corrected chi connectivity index (χ3v) is 2.33. The van der Waals surface area contributed by atoms with Crippen LogP contribution in [0.25, 0.3) is 0 Å². The van der Waals surface area contributed by atoms with Crippen LogP contribution in [0.15, 0.2) is 11.6 Å². The summed E-state index contributed by atoms with van der Waals surface area (Å²) in [5, 5.41) is 3.39. The Morgan fingerprint density at radius 2 is 2.60 bits per heavy atom.